The smallest absolute Gasteiger partial charge is 0.311 e. The lowest BCUT2D eigenvalue weighted by molar-refractivity contribution is -0.143. The van der Waals surface area contributed by atoms with E-state index in [4.69, 9.17) is 32.7 Å². The van der Waals surface area contributed by atoms with Gasteiger partial charge in [-0.3, -0.25) is 9.59 Å². The summed E-state index contributed by atoms with van der Waals surface area (Å²) in [6.07, 6.45) is 7.33. The molecule has 0 spiro atoms. The summed E-state index contributed by atoms with van der Waals surface area (Å²) in [5.41, 5.74) is 0. The normalized spacial score (nSPS) is 10.9. The first kappa shape index (κ1) is 23.5. The van der Waals surface area contributed by atoms with E-state index in [1.165, 1.54) is 0 Å². The molecule has 0 radical (unpaired) electrons. The quantitative estimate of drug-likeness (QED) is 0.201. The molecule has 0 N–H and O–H groups in total. The van der Waals surface area contributed by atoms with E-state index in [2.05, 4.69) is 0 Å². The summed E-state index contributed by atoms with van der Waals surface area (Å²) in [4.78, 5) is 23.6. The Morgan fingerprint density at radius 3 is 2.07 bits per heavy atom. The fourth-order valence-corrected chi connectivity index (χ4v) is 3.65. The van der Waals surface area contributed by atoms with Crippen molar-refractivity contribution < 1.29 is 19.1 Å². The lowest BCUT2D eigenvalue weighted by Gasteiger charge is -2.11. The minimum atomic E-state index is -0.293. The molecule has 0 heterocycles. The van der Waals surface area contributed by atoms with E-state index >= 15 is 0 Å². The van der Waals surface area contributed by atoms with Crippen LogP contribution in [0.3, 0.4) is 0 Å². The Morgan fingerprint density at radius 2 is 1.41 bits per heavy atom. The summed E-state index contributed by atoms with van der Waals surface area (Å²) in [6.45, 7) is 2.49. The second kappa shape index (κ2) is 12.7. The maximum Gasteiger partial charge on any atom is 0.311 e. The number of carbonyl (C=O) groups is 2. The molecule has 0 aromatic heterocycles. The minimum Gasteiger partial charge on any atom is -0.466 e. The van der Waals surface area contributed by atoms with Crippen LogP contribution in [0.2, 0.25) is 10.0 Å². The van der Waals surface area contributed by atoms with Crippen LogP contribution in [0.5, 0.6) is 5.75 Å². The van der Waals surface area contributed by atoms with Crippen LogP contribution < -0.4 is 4.74 Å². The molecule has 0 bridgehead atoms. The van der Waals surface area contributed by atoms with Gasteiger partial charge < -0.3 is 9.47 Å². The molecule has 0 saturated carbocycles. The van der Waals surface area contributed by atoms with Crippen molar-refractivity contribution in [2.45, 2.75) is 64.7 Å². The highest BCUT2D eigenvalue weighted by atomic mass is 35.5. The first-order chi connectivity index (χ1) is 14.0. The third kappa shape index (κ3) is 7.87. The van der Waals surface area contributed by atoms with Crippen LogP contribution in [0.1, 0.15) is 64.7 Å². The molecule has 0 saturated heterocycles. The van der Waals surface area contributed by atoms with Crippen molar-refractivity contribution >= 4 is 45.9 Å². The lowest BCUT2D eigenvalue weighted by Crippen LogP contribution is -2.08. The minimum absolute atomic E-state index is 0.108. The Labute approximate surface area is 182 Å². The molecule has 6 heteroatoms. The number of rotatable bonds is 12. The van der Waals surface area contributed by atoms with Gasteiger partial charge in [-0.1, -0.05) is 80.1 Å². The Hall–Kier alpha value is -1.78. The van der Waals surface area contributed by atoms with Gasteiger partial charge in [0.25, 0.3) is 0 Å². The van der Waals surface area contributed by atoms with Gasteiger partial charge >= 0.3 is 11.9 Å². The molecular formula is C23H28Cl2O4. The van der Waals surface area contributed by atoms with Gasteiger partial charge in [0.15, 0.2) is 5.75 Å². The average Bonchev–Trinajstić information content (AvgIpc) is 2.71. The number of hydrogen-bond donors (Lipinski definition) is 0. The Morgan fingerprint density at radius 1 is 0.828 bits per heavy atom. The number of unbranched alkanes of at least 4 members (excludes halogenated alkanes) is 5. The maximum atomic E-state index is 12.2. The van der Waals surface area contributed by atoms with Gasteiger partial charge in [-0.05, 0) is 25.3 Å². The van der Waals surface area contributed by atoms with Crippen molar-refractivity contribution in [1.82, 2.24) is 0 Å². The van der Waals surface area contributed by atoms with Crippen LogP contribution in [0.15, 0.2) is 30.3 Å². The Bertz CT molecular complexity index is 820. The zero-order valence-electron chi connectivity index (χ0n) is 16.8. The molecule has 0 amide bonds. The molecule has 0 aliphatic rings. The van der Waals surface area contributed by atoms with Crippen molar-refractivity contribution in [3.8, 4) is 5.75 Å². The van der Waals surface area contributed by atoms with Gasteiger partial charge in [0.1, 0.15) is 0 Å². The van der Waals surface area contributed by atoms with Crippen LogP contribution in [-0.2, 0) is 14.3 Å². The van der Waals surface area contributed by atoms with Crippen molar-refractivity contribution in [2.24, 2.45) is 0 Å². The summed E-state index contributed by atoms with van der Waals surface area (Å²) in [5, 5.41) is 2.40. The van der Waals surface area contributed by atoms with Crippen molar-refractivity contribution in [3.63, 3.8) is 0 Å². The largest absolute Gasteiger partial charge is 0.466 e. The number of ether oxygens (including phenoxy) is 2. The number of carbonyl (C=O) groups excluding carboxylic acids is 2. The molecule has 0 fully saturated rings. The van der Waals surface area contributed by atoms with E-state index in [-0.39, 0.29) is 11.9 Å². The zero-order chi connectivity index (χ0) is 21.1. The average molecular weight is 439 g/mol. The molecule has 29 heavy (non-hydrogen) atoms. The fraction of sp³-hybridized carbons (Fsp3) is 0.478. The van der Waals surface area contributed by atoms with E-state index in [0.29, 0.717) is 35.2 Å². The Balaban J connectivity index is 1.66. The van der Waals surface area contributed by atoms with E-state index in [0.717, 1.165) is 55.7 Å². The first-order valence-electron chi connectivity index (χ1n) is 10.3. The highest BCUT2D eigenvalue weighted by molar-refractivity contribution is 6.40. The van der Waals surface area contributed by atoms with Gasteiger partial charge in [0.05, 0.1) is 16.7 Å². The molecule has 158 valence electrons. The molecule has 2 aromatic rings. The predicted molar refractivity (Wildman–Crippen MR) is 118 cm³/mol. The van der Waals surface area contributed by atoms with E-state index in [9.17, 15) is 9.59 Å². The second-order valence-corrected chi connectivity index (χ2v) is 7.85. The van der Waals surface area contributed by atoms with E-state index in [1.807, 2.05) is 31.2 Å². The monoisotopic (exact) mass is 438 g/mol. The van der Waals surface area contributed by atoms with Crippen LogP contribution in [-0.4, -0.2) is 18.5 Å². The van der Waals surface area contributed by atoms with Crippen molar-refractivity contribution in [2.75, 3.05) is 6.61 Å². The number of esters is 2. The van der Waals surface area contributed by atoms with Crippen molar-refractivity contribution in [1.29, 1.82) is 0 Å². The molecule has 0 unspecified atom stereocenters. The molecule has 0 aliphatic carbocycles. The third-order valence-corrected chi connectivity index (χ3v) is 5.19. The summed E-state index contributed by atoms with van der Waals surface area (Å²) in [6, 6.07) is 9.05. The van der Waals surface area contributed by atoms with Gasteiger partial charge in [0.2, 0.25) is 0 Å². The highest BCUT2D eigenvalue weighted by Gasteiger charge is 2.14. The molecule has 4 nitrogen and oxygen atoms in total. The van der Waals surface area contributed by atoms with Gasteiger partial charge in [-0.25, -0.2) is 0 Å². The molecule has 2 aromatic carbocycles. The molecule has 0 aliphatic heterocycles. The van der Waals surface area contributed by atoms with Gasteiger partial charge in [-0.15, -0.1) is 0 Å². The molecular weight excluding hydrogens is 411 g/mol. The van der Waals surface area contributed by atoms with Gasteiger partial charge in [0, 0.05) is 23.6 Å². The number of halogens is 2. The van der Waals surface area contributed by atoms with Crippen LogP contribution >= 0.6 is 23.2 Å². The maximum absolute atomic E-state index is 12.2. The predicted octanol–water partition coefficient (Wildman–Crippen LogP) is 7.13. The second-order valence-electron chi connectivity index (χ2n) is 7.03. The number of benzene rings is 2. The Kier molecular flexibility index (Phi) is 10.3. The molecule has 0 atom stereocenters. The van der Waals surface area contributed by atoms with Crippen LogP contribution in [0, 0.1) is 0 Å². The highest BCUT2D eigenvalue weighted by Crippen LogP contribution is 2.38. The zero-order valence-corrected chi connectivity index (χ0v) is 18.4. The van der Waals surface area contributed by atoms with E-state index in [1.54, 1.807) is 6.07 Å². The SMILES string of the molecule is CCCOC(=O)CCCCCCCCC(=O)Oc1c(Cl)cc(Cl)c2ccccc12. The topological polar surface area (TPSA) is 52.6 Å². The van der Waals surface area contributed by atoms with Crippen LogP contribution in [0.4, 0.5) is 0 Å². The standard InChI is InChI=1S/C23H28Cl2O4/c1-2-15-28-21(26)13-7-5-3-4-6-8-14-22(27)29-23-18-12-10-9-11-17(18)19(24)16-20(23)25/h9-12,16H,2-8,13-15H2,1H3. The van der Waals surface area contributed by atoms with Gasteiger partial charge in [-0.2, -0.15) is 0 Å². The number of hydrogen-bond acceptors (Lipinski definition) is 4. The van der Waals surface area contributed by atoms with E-state index < -0.39 is 0 Å². The first-order valence-corrected chi connectivity index (χ1v) is 11.0. The summed E-state index contributed by atoms with van der Waals surface area (Å²) < 4.78 is 10.6. The lowest BCUT2D eigenvalue weighted by atomic mass is 10.1. The summed E-state index contributed by atoms with van der Waals surface area (Å²) in [5.74, 6) is -0.0346. The fourth-order valence-electron chi connectivity index (χ4n) is 3.08. The number of fused-ring (bicyclic) bond motifs is 1. The summed E-state index contributed by atoms with van der Waals surface area (Å²) in [7, 11) is 0. The van der Waals surface area contributed by atoms with Crippen molar-refractivity contribution in [3.05, 3.63) is 40.4 Å². The molecule has 2 rings (SSSR count). The third-order valence-electron chi connectivity index (χ3n) is 4.59. The summed E-state index contributed by atoms with van der Waals surface area (Å²) >= 11 is 12.5. The van der Waals surface area contributed by atoms with Crippen LogP contribution in [0.25, 0.3) is 10.8 Å².